The van der Waals surface area contributed by atoms with Crippen LogP contribution in [-0.4, -0.2) is 9.55 Å². The van der Waals surface area contributed by atoms with Gasteiger partial charge >= 0.3 is 0 Å². The molecule has 0 aliphatic heterocycles. The first-order chi connectivity index (χ1) is 16.1. The van der Waals surface area contributed by atoms with Gasteiger partial charge < -0.3 is 4.42 Å². The van der Waals surface area contributed by atoms with Crippen LogP contribution in [0.1, 0.15) is 16.7 Å². The molecule has 0 N–H and O–H groups in total. The maximum Gasteiger partial charge on any atom is 0.149 e. The van der Waals surface area contributed by atoms with E-state index >= 15 is 0 Å². The molecule has 0 saturated heterocycles. The Morgan fingerprint density at radius 3 is 2.27 bits per heavy atom. The monoisotopic (exact) mass is 428 g/mol. The molecule has 0 bridgehead atoms. The second kappa shape index (κ2) is 7.49. The number of nitrogens with zero attached hydrogens (tertiary/aromatic N) is 2. The number of aromatic nitrogens is 2. The Hall–Kier alpha value is -4.11. The normalized spacial score (nSPS) is 11.5. The van der Waals surface area contributed by atoms with E-state index in [-0.39, 0.29) is 0 Å². The van der Waals surface area contributed by atoms with Crippen LogP contribution in [0.3, 0.4) is 0 Å². The molecule has 0 amide bonds. The first kappa shape index (κ1) is 19.6. The Bertz CT molecular complexity index is 1610. The fourth-order valence-electron chi connectivity index (χ4n) is 4.91. The van der Waals surface area contributed by atoms with Gasteiger partial charge in [0.1, 0.15) is 17.7 Å². The molecule has 4 aromatic carbocycles. The predicted octanol–water partition coefficient (Wildman–Crippen LogP) is 8.03. The van der Waals surface area contributed by atoms with Gasteiger partial charge in [-0.15, -0.1) is 0 Å². The topological polar surface area (TPSA) is 31.0 Å². The van der Waals surface area contributed by atoms with Crippen LogP contribution < -0.4 is 0 Å². The molecule has 6 rings (SSSR count). The highest BCUT2D eigenvalue weighted by Gasteiger charge is 2.19. The Balaban J connectivity index is 1.63. The van der Waals surface area contributed by atoms with Crippen molar-refractivity contribution in [1.29, 1.82) is 0 Å². The second-order valence-electron chi connectivity index (χ2n) is 8.73. The third-order valence-electron chi connectivity index (χ3n) is 6.37. The van der Waals surface area contributed by atoms with Gasteiger partial charge in [-0.3, -0.25) is 4.57 Å². The summed E-state index contributed by atoms with van der Waals surface area (Å²) in [5, 5.41) is 1.08. The van der Waals surface area contributed by atoms with Crippen molar-refractivity contribution < 1.29 is 4.42 Å². The van der Waals surface area contributed by atoms with Crippen LogP contribution in [0.15, 0.2) is 95.6 Å². The highest BCUT2D eigenvalue weighted by Crippen LogP contribution is 2.37. The summed E-state index contributed by atoms with van der Waals surface area (Å²) in [6.07, 6.45) is 1.83. The van der Waals surface area contributed by atoms with Crippen molar-refractivity contribution in [2.75, 3.05) is 0 Å². The van der Waals surface area contributed by atoms with E-state index in [0.29, 0.717) is 0 Å². The van der Waals surface area contributed by atoms with Gasteiger partial charge in [-0.2, -0.15) is 0 Å². The molecule has 0 saturated carbocycles. The van der Waals surface area contributed by atoms with E-state index in [9.17, 15) is 0 Å². The van der Waals surface area contributed by atoms with E-state index in [4.69, 9.17) is 9.40 Å². The smallest absolute Gasteiger partial charge is 0.149 e. The van der Waals surface area contributed by atoms with Crippen LogP contribution in [0.2, 0.25) is 0 Å². The van der Waals surface area contributed by atoms with Gasteiger partial charge in [-0.25, -0.2) is 4.98 Å². The minimum atomic E-state index is 0.876. The van der Waals surface area contributed by atoms with Crippen molar-refractivity contribution in [1.82, 2.24) is 9.55 Å². The number of furan rings is 1. The number of imidazole rings is 1. The summed E-state index contributed by atoms with van der Waals surface area (Å²) in [6.45, 7) is 6.48. The average Bonchev–Trinajstić information content (AvgIpc) is 3.40. The third-order valence-corrected chi connectivity index (χ3v) is 6.37. The fraction of sp³-hybridized carbons (Fsp3) is 0.100. The molecule has 6 aromatic rings. The molecular weight excluding hydrogens is 404 g/mol. The molecule has 3 nitrogen and oxygen atoms in total. The Kier molecular flexibility index (Phi) is 4.44. The van der Waals surface area contributed by atoms with Crippen LogP contribution in [0.5, 0.6) is 0 Å². The molecule has 0 radical (unpaired) electrons. The lowest BCUT2D eigenvalue weighted by atomic mass is 9.95. The van der Waals surface area contributed by atoms with Gasteiger partial charge in [-0.05, 0) is 79.4 Å². The first-order valence-electron chi connectivity index (χ1n) is 11.2. The lowest BCUT2D eigenvalue weighted by Crippen LogP contribution is -2.00. The highest BCUT2D eigenvalue weighted by atomic mass is 16.3. The molecule has 3 heteroatoms. The van der Waals surface area contributed by atoms with E-state index in [1.807, 2.05) is 18.4 Å². The number of rotatable bonds is 3. The number of aryl methyl sites for hydroxylation is 3. The maximum absolute atomic E-state index is 5.92. The van der Waals surface area contributed by atoms with Gasteiger partial charge in [0.05, 0.1) is 16.6 Å². The zero-order valence-corrected chi connectivity index (χ0v) is 19.0. The summed E-state index contributed by atoms with van der Waals surface area (Å²) in [6, 6.07) is 29.7. The van der Waals surface area contributed by atoms with Crippen molar-refractivity contribution in [3.63, 3.8) is 0 Å². The molecule has 0 spiro atoms. The van der Waals surface area contributed by atoms with E-state index < -0.39 is 0 Å². The third kappa shape index (κ3) is 3.16. The Labute approximate surface area is 192 Å². The number of hydrogen-bond acceptors (Lipinski definition) is 2. The number of benzene rings is 4. The average molecular weight is 429 g/mol. The van der Waals surface area contributed by atoms with Crippen LogP contribution >= 0.6 is 0 Å². The summed E-state index contributed by atoms with van der Waals surface area (Å²) in [4.78, 5) is 5.05. The van der Waals surface area contributed by atoms with Crippen molar-refractivity contribution >= 4 is 22.0 Å². The second-order valence-corrected chi connectivity index (χ2v) is 8.73. The number of para-hydroxylation sites is 2. The van der Waals surface area contributed by atoms with Crippen molar-refractivity contribution in [2.45, 2.75) is 20.8 Å². The molecule has 2 heterocycles. The van der Waals surface area contributed by atoms with E-state index in [2.05, 4.69) is 98.1 Å². The minimum absolute atomic E-state index is 0.876. The van der Waals surface area contributed by atoms with Gasteiger partial charge in [0, 0.05) is 11.1 Å². The number of hydrogen-bond donors (Lipinski definition) is 0. The lowest BCUT2D eigenvalue weighted by Gasteiger charge is -2.16. The van der Waals surface area contributed by atoms with Gasteiger partial charge in [0.25, 0.3) is 0 Å². The maximum atomic E-state index is 5.92. The molecule has 160 valence electrons. The van der Waals surface area contributed by atoms with Crippen LogP contribution in [0, 0.1) is 20.8 Å². The van der Waals surface area contributed by atoms with Gasteiger partial charge in [-0.1, -0.05) is 54.1 Å². The van der Waals surface area contributed by atoms with Crippen molar-refractivity contribution in [3.05, 3.63) is 108 Å². The largest absolute Gasteiger partial charge is 0.464 e. The standard InChI is InChI=1S/C30H24N2O/c1-19-13-14-28-24(15-19)25(18-33-28)30-31-26-11-7-8-12-27(26)32(30)23-16-20(2)29(21(3)17-23)22-9-5-4-6-10-22/h4-18H,1-3H3. The van der Waals surface area contributed by atoms with Crippen molar-refractivity contribution in [2.24, 2.45) is 0 Å². The zero-order valence-electron chi connectivity index (χ0n) is 19.0. The Morgan fingerprint density at radius 1 is 0.758 bits per heavy atom. The molecule has 0 atom stereocenters. The zero-order chi connectivity index (χ0) is 22.5. The Morgan fingerprint density at radius 2 is 1.48 bits per heavy atom. The van der Waals surface area contributed by atoms with E-state index in [1.165, 1.54) is 27.8 Å². The predicted molar refractivity (Wildman–Crippen MR) is 136 cm³/mol. The molecule has 0 aliphatic carbocycles. The minimum Gasteiger partial charge on any atom is -0.464 e. The van der Waals surface area contributed by atoms with Crippen LogP contribution in [-0.2, 0) is 0 Å². The van der Waals surface area contributed by atoms with E-state index in [0.717, 1.165) is 39.1 Å². The van der Waals surface area contributed by atoms with Crippen molar-refractivity contribution in [3.8, 4) is 28.2 Å². The molecule has 0 fully saturated rings. The lowest BCUT2D eigenvalue weighted by molar-refractivity contribution is 0.616. The fourth-order valence-corrected chi connectivity index (χ4v) is 4.91. The summed E-state index contributed by atoms with van der Waals surface area (Å²) in [5.41, 5.74) is 11.3. The molecule has 33 heavy (non-hydrogen) atoms. The molecule has 2 aromatic heterocycles. The molecular formula is C30H24N2O. The summed E-state index contributed by atoms with van der Waals surface area (Å²) < 4.78 is 8.18. The van der Waals surface area contributed by atoms with Crippen LogP contribution in [0.25, 0.3) is 50.2 Å². The molecule has 0 aliphatic rings. The quantitative estimate of drug-likeness (QED) is 0.286. The summed E-state index contributed by atoms with van der Waals surface area (Å²) in [7, 11) is 0. The number of fused-ring (bicyclic) bond motifs is 2. The first-order valence-corrected chi connectivity index (χ1v) is 11.2. The molecule has 0 unspecified atom stereocenters. The van der Waals surface area contributed by atoms with Crippen LogP contribution in [0.4, 0.5) is 0 Å². The SMILES string of the molecule is Cc1ccc2occ(-c3nc4ccccc4n3-c3cc(C)c(-c4ccccc4)c(C)c3)c2c1. The highest BCUT2D eigenvalue weighted by molar-refractivity contribution is 5.95. The van der Waals surface area contributed by atoms with E-state index in [1.54, 1.807) is 0 Å². The van der Waals surface area contributed by atoms with Gasteiger partial charge in [0.15, 0.2) is 0 Å². The summed E-state index contributed by atoms with van der Waals surface area (Å²) in [5.74, 6) is 0.895. The van der Waals surface area contributed by atoms with Gasteiger partial charge in [0.2, 0.25) is 0 Å². The summed E-state index contributed by atoms with van der Waals surface area (Å²) >= 11 is 0.